The summed E-state index contributed by atoms with van der Waals surface area (Å²) < 4.78 is 6.65. The van der Waals surface area contributed by atoms with E-state index in [-0.39, 0.29) is 5.78 Å². The summed E-state index contributed by atoms with van der Waals surface area (Å²) in [5.74, 6) is 0.930. The van der Waals surface area contributed by atoms with Gasteiger partial charge in [-0.1, -0.05) is 71.9 Å². The molecule has 2 nitrogen and oxygen atoms in total. The van der Waals surface area contributed by atoms with Crippen molar-refractivity contribution in [3.63, 3.8) is 0 Å². The first-order valence-electron chi connectivity index (χ1n) is 9.17. The highest BCUT2D eigenvalue weighted by molar-refractivity contribution is 6.78. The van der Waals surface area contributed by atoms with Gasteiger partial charge in [-0.3, -0.25) is 4.79 Å². The Kier molecular flexibility index (Phi) is 6.23. The minimum atomic E-state index is -1.96. The Morgan fingerprint density at radius 1 is 0.720 bits per heavy atom. The van der Waals surface area contributed by atoms with Crippen LogP contribution in [0.15, 0.2) is 54.6 Å². The maximum absolute atomic E-state index is 12.5. The molecule has 0 fully saturated rings. The van der Waals surface area contributed by atoms with Gasteiger partial charge in [0, 0.05) is 11.1 Å². The van der Waals surface area contributed by atoms with E-state index < -0.39 is 8.32 Å². The van der Waals surface area contributed by atoms with E-state index in [4.69, 9.17) is 4.43 Å². The molecule has 0 bridgehead atoms. The molecule has 0 amide bonds. The first-order chi connectivity index (χ1) is 11.8. The van der Waals surface area contributed by atoms with Gasteiger partial charge in [-0.25, -0.2) is 0 Å². The zero-order valence-electron chi connectivity index (χ0n) is 16.2. The van der Waals surface area contributed by atoms with E-state index in [9.17, 15) is 4.79 Å². The zero-order valence-corrected chi connectivity index (χ0v) is 17.2. The Bertz CT molecular complexity index is 666. The van der Waals surface area contributed by atoms with Gasteiger partial charge in [0.25, 0.3) is 8.32 Å². The second kappa shape index (κ2) is 8.00. The molecule has 0 aliphatic carbocycles. The Labute approximate surface area is 153 Å². The number of ketones is 1. The van der Waals surface area contributed by atoms with Crippen molar-refractivity contribution in [1.29, 1.82) is 0 Å². The fraction of sp³-hybridized carbons (Fsp3) is 0.409. The second-order valence-corrected chi connectivity index (χ2v) is 13.0. The lowest BCUT2D eigenvalue weighted by atomic mass is 10.0. The van der Waals surface area contributed by atoms with Crippen molar-refractivity contribution in [2.75, 3.05) is 0 Å². The van der Waals surface area contributed by atoms with Gasteiger partial charge in [0.1, 0.15) is 5.75 Å². The van der Waals surface area contributed by atoms with E-state index in [1.807, 2.05) is 54.6 Å². The van der Waals surface area contributed by atoms with Gasteiger partial charge in [-0.05, 0) is 40.9 Å². The van der Waals surface area contributed by atoms with Crippen molar-refractivity contribution in [1.82, 2.24) is 0 Å². The molecule has 0 saturated heterocycles. The van der Waals surface area contributed by atoms with Gasteiger partial charge in [0.05, 0.1) is 0 Å². The van der Waals surface area contributed by atoms with E-state index in [1.54, 1.807) is 0 Å². The highest BCUT2D eigenvalue weighted by Gasteiger charge is 2.46. The van der Waals surface area contributed by atoms with Crippen LogP contribution in [0.1, 0.15) is 57.5 Å². The largest absolute Gasteiger partial charge is 0.543 e. The lowest BCUT2D eigenvalue weighted by molar-refractivity contribution is 0.103. The predicted molar refractivity (Wildman–Crippen MR) is 108 cm³/mol. The molecule has 0 N–H and O–H groups in total. The van der Waals surface area contributed by atoms with Gasteiger partial charge < -0.3 is 4.43 Å². The van der Waals surface area contributed by atoms with Crippen LogP contribution in [0, 0.1) is 0 Å². The van der Waals surface area contributed by atoms with E-state index in [0.29, 0.717) is 27.8 Å². The fourth-order valence-corrected chi connectivity index (χ4v) is 9.24. The molecule has 0 unspecified atom stereocenters. The molecule has 0 aliphatic heterocycles. The van der Waals surface area contributed by atoms with Crippen LogP contribution in [0.2, 0.25) is 16.6 Å². The number of carbonyl (C=O) groups is 1. The first-order valence-corrected chi connectivity index (χ1v) is 11.3. The van der Waals surface area contributed by atoms with Crippen molar-refractivity contribution in [2.24, 2.45) is 0 Å². The summed E-state index contributed by atoms with van der Waals surface area (Å²) in [7, 11) is -1.96. The van der Waals surface area contributed by atoms with Crippen LogP contribution >= 0.6 is 0 Å². The molecule has 0 spiro atoms. The van der Waals surface area contributed by atoms with Crippen molar-refractivity contribution in [3.05, 3.63) is 65.7 Å². The van der Waals surface area contributed by atoms with Crippen molar-refractivity contribution >= 4 is 14.1 Å². The third-order valence-electron chi connectivity index (χ3n) is 5.15. The van der Waals surface area contributed by atoms with Crippen molar-refractivity contribution in [3.8, 4) is 5.75 Å². The zero-order chi connectivity index (χ0) is 18.6. The van der Waals surface area contributed by atoms with Gasteiger partial charge in [0.2, 0.25) is 0 Å². The molecule has 2 aromatic rings. The number of carbonyl (C=O) groups excluding carboxylic acids is 1. The molecule has 134 valence electrons. The van der Waals surface area contributed by atoms with Crippen LogP contribution < -0.4 is 4.43 Å². The van der Waals surface area contributed by atoms with Crippen molar-refractivity contribution in [2.45, 2.75) is 58.2 Å². The van der Waals surface area contributed by atoms with Gasteiger partial charge in [-0.15, -0.1) is 0 Å². The predicted octanol–water partition coefficient (Wildman–Crippen LogP) is 6.47. The monoisotopic (exact) mass is 354 g/mol. The molecule has 0 heterocycles. The molecule has 2 aromatic carbocycles. The molecule has 0 atom stereocenters. The summed E-state index contributed by atoms with van der Waals surface area (Å²) in [5.41, 5.74) is 2.99. The summed E-state index contributed by atoms with van der Waals surface area (Å²) >= 11 is 0. The van der Waals surface area contributed by atoms with Crippen molar-refractivity contribution < 1.29 is 9.22 Å². The smallest absolute Gasteiger partial charge is 0.258 e. The standard InChI is InChI=1S/C22H30O2Si/c1-16(2)25(17(3)4,18(5)6)24-21-14-12-20(13-15-21)22(23)19-10-8-7-9-11-19/h7-18H,1-6H3. The molecular formula is C22H30O2Si. The van der Waals surface area contributed by atoms with Crippen LogP contribution in [0.3, 0.4) is 0 Å². The van der Waals surface area contributed by atoms with E-state index in [2.05, 4.69) is 41.5 Å². The minimum absolute atomic E-state index is 0.0484. The number of hydrogen-bond acceptors (Lipinski definition) is 2. The molecule has 2 rings (SSSR count). The quantitative estimate of drug-likeness (QED) is 0.420. The maximum atomic E-state index is 12.5. The maximum Gasteiger partial charge on any atom is 0.258 e. The summed E-state index contributed by atoms with van der Waals surface area (Å²) in [4.78, 5) is 12.5. The Morgan fingerprint density at radius 2 is 1.16 bits per heavy atom. The van der Waals surface area contributed by atoms with Gasteiger partial charge >= 0.3 is 0 Å². The summed E-state index contributed by atoms with van der Waals surface area (Å²) in [6.07, 6.45) is 0. The number of rotatable bonds is 7. The van der Waals surface area contributed by atoms with E-state index in [0.717, 1.165) is 5.75 Å². The topological polar surface area (TPSA) is 26.3 Å². The molecule has 0 aromatic heterocycles. The third kappa shape index (κ3) is 4.04. The summed E-state index contributed by atoms with van der Waals surface area (Å²) in [5, 5.41) is 0. The lowest BCUT2D eigenvalue weighted by Gasteiger charge is -2.42. The highest BCUT2D eigenvalue weighted by atomic mass is 28.4. The molecule has 25 heavy (non-hydrogen) atoms. The van der Waals surface area contributed by atoms with E-state index >= 15 is 0 Å². The average Bonchev–Trinajstić information content (AvgIpc) is 2.59. The van der Waals surface area contributed by atoms with Crippen LogP contribution in [-0.4, -0.2) is 14.1 Å². The highest BCUT2D eigenvalue weighted by Crippen LogP contribution is 2.42. The van der Waals surface area contributed by atoms with Gasteiger partial charge in [-0.2, -0.15) is 0 Å². The number of benzene rings is 2. The molecule has 0 aliphatic rings. The van der Waals surface area contributed by atoms with Gasteiger partial charge in [0.15, 0.2) is 5.78 Å². The SMILES string of the molecule is CC(C)[Si](Oc1ccc(C(=O)c2ccccc2)cc1)(C(C)C)C(C)C. The molecular weight excluding hydrogens is 324 g/mol. The lowest BCUT2D eigenvalue weighted by Crippen LogP contribution is -2.50. The second-order valence-electron chi connectivity index (χ2n) is 7.64. The minimum Gasteiger partial charge on any atom is -0.543 e. The summed E-state index contributed by atoms with van der Waals surface area (Å²) in [6.45, 7) is 13.7. The molecule has 0 saturated carbocycles. The fourth-order valence-electron chi connectivity index (χ4n) is 3.99. The first kappa shape index (κ1) is 19.5. The summed E-state index contributed by atoms with van der Waals surface area (Å²) in [6, 6.07) is 17.0. The molecule has 0 radical (unpaired) electrons. The Hall–Kier alpha value is -1.87. The van der Waals surface area contributed by atoms with Crippen LogP contribution in [0.5, 0.6) is 5.75 Å². The van der Waals surface area contributed by atoms with Crippen LogP contribution in [0.4, 0.5) is 0 Å². The number of hydrogen-bond donors (Lipinski definition) is 0. The Morgan fingerprint density at radius 3 is 1.60 bits per heavy atom. The Balaban J connectivity index is 2.26. The van der Waals surface area contributed by atoms with Crippen LogP contribution in [-0.2, 0) is 0 Å². The van der Waals surface area contributed by atoms with Crippen LogP contribution in [0.25, 0.3) is 0 Å². The molecule has 3 heteroatoms. The third-order valence-corrected chi connectivity index (χ3v) is 11.2. The average molecular weight is 355 g/mol. The van der Waals surface area contributed by atoms with E-state index in [1.165, 1.54) is 0 Å². The normalized spacial score (nSPS) is 12.0.